The van der Waals surface area contributed by atoms with E-state index in [1.165, 1.54) is 0 Å². The Morgan fingerprint density at radius 2 is 1.65 bits per heavy atom. The van der Waals surface area contributed by atoms with Crippen molar-refractivity contribution in [2.24, 2.45) is 0 Å². The Hall–Kier alpha value is -0.190. The van der Waals surface area contributed by atoms with Gasteiger partial charge in [-0.3, -0.25) is 0 Å². The van der Waals surface area contributed by atoms with Crippen LogP contribution in [0.5, 0.6) is 0 Å². The number of thiocarbonyl (C=S) groups is 1. The molecule has 0 saturated carbocycles. The van der Waals surface area contributed by atoms with Gasteiger partial charge in [-0.15, -0.1) is 0 Å². The highest BCUT2D eigenvalue weighted by Crippen LogP contribution is 2.17. The van der Waals surface area contributed by atoms with Crippen molar-refractivity contribution in [3.63, 3.8) is 0 Å². The summed E-state index contributed by atoms with van der Waals surface area (Å²) in [5.41, 5.74) is 1.49. The average Bonchev–Trinajstić information content (AvgIpc) is 2.34. The van der Waals surface area contributed by atoms with Crippen molar-refractivity contribution in [3.8, 4) is 0 Å². The van der Waals surface area contributed by atoms with Crippen LogP contribution in [0.4, 0.5) is 0 Å². The Kier molecular flexibility index (Phi) is 13.8. The van der Waals surface area contributed by atoms with Gasteiger partial charge in [0, 0.05) is 12.0 Å². The fraction of sp³-hybridized carbons (Fsp3) is 0.923. The zero-order valence-corrected chi connectivity index (χ0v) is 13.0. The van der Waals surface area contributed by atoms with Crippen molar-refractivity contribution in [1.82, 2.24) is 5.32 Å². The molecule has 1 heterocycles. The Balaban J connectivity index is 0. The van der Waals surface area contributed by atoms with Gasteiger partial charge in [-0.25, -0.2) is 0 Å². The van der Waals surface area contributed by atoms with Gasteiger partial charge in [-0.05, 0) is 20.3 Å². The minimum absolute atomic E-state index is 0.0518. The van der Waals surface area contributed by atoms with Crippen molar-refractivity contribution >= 4 is 17.7 Å². The number of rotatable bonds is 4. The van der Waals surface area contributed by atoms with Gasteiger partial charge in [0.05, 0.1) is 18.7 Å². The SMILES string of the molecule is CC.CC.CC(C)(CC1OCCCO1)NC=S. The standard InChI is InChI=1S/C9H17NO2S.2C2H6/c1-9(2,10-7-13)6-8-11-4-3-5-12-8;2*1-2/h7-8H,3-6H2,1-2H3,(H,10,13);2*1-2H3. The highest BCUT2D eigenvalue weighted by atomic mass is 32.1. The van der Waals surface area contributed by atoms with Gasteiger partial charge in [0.2, 0.25) is 0 Å². The molecule has 1 aliphatic heterocycles. The van der Waals surface area contributed by atoms with Gasteiger partial charge in [0.15, 0.2) is 6.29 Å². The summed E-state index contributed by atoms with van der Waals surface area (Å²) in [4.78, 5) is 0. The fourth-order valence-corrected chi connectivity index (χ4v) is 1.61. The Morgan fingerprint density at radius 3 is 2.06 bits per heavy atom. The van der Waals surface area contributed by atoms with Crippen LogP contribution in [0.3, 0.4) is 0 Å². The summed E-state index contributed by atoms with van der Waals surface area (Å²) >= 11 is 4.75. The highest BCUT2D eigenvalue weighted by Gasteiger charge is 2.24. The van der Waals surface area contributed by atoms with E-state index in [9.17, 15) is 0 Å². The van der Waals surface area contributed by atoms with Crippen LogP contribution < -0.4 is 5.32 Å². The van der Waals surface area contributed by atoms with Gasteiger partial charge < -0.3 is 14.8 Å². The molecule has 104 valence electrons. The van der Waals surface area contributed by atoms with Crippen LogP contribution in [0.15, 0.2) is 0 Å². The largest absolute Gasteiger partial charge is 0.377 e. The van der Waals surface area contributed by atoms with E-state index in [2.05, 4.69) is 19.2 Å². The molecule has 0 aliphatic carbocycles. The lowest BCUT2D eigenvalue weighted by atomic mass is 10.0. The van der Waals surface area contributed by atoms with Crippen LogP contribution in [0.1, 0.15) is 54.4 Å². The minimum Gasteiger partial charge on any atom is -0.377 e. The van der Waals surface area contributed by atoms with Crippen molar-refractivity contribution in [2.45, 2.75) is 66.2 Å². The van der Waals surface area contributed by atoms with E-state index < -0.39 is 0 Å². The Morgan fingerprint density at radius 1 is 1.18 bits per heavy atom. The van der Waals surface area contributed by atoms with Crippen LogP contribution in [0, 0.1) is 0 Å². The molecule has 4 heteroatoms. The second-order valence-electron chi connectivity index (χ2n) is 3.87. The topological polar surface area (TPSA) is 30.5 Å². The quantitative estimate of drug-likeness (QED) is 0.786. The lowest BCUT2D eigenvalue weighted by molar-refractivity contribution is -0.187. The molecule has 17 heavy (non-hydrogen) atoms. The van der Waals surface area contributed by atoms with E-state index >= 15 is 0 Å². The van der Waals surface area contributed by atoms with E-state index in [1.54, 1.807) is 5.49 Å². The molecule has 0 spiro atoms. The van der Waals surface area contributed by atoms with Gasteiger partial charge in [-0.2, -0.15) is 0 Å². The first-order chi connectivity index (χ1) is 8.14. The zero-order valence-electron chi connectivity index (χ0n) is 12.2. The number of nitrogens with one attached hydrogen (secondary N) is 1. The summed E-state index contributed by atoms with van der Waals surface area (Å²) in [7, 11) is 0. The van der Waals surface area contributed by atoms with Gasteiger partial charge in [0.25, 0.3) is 0 Å². The zero-order chi connectivity index (χ0) is 13.7. The normalized spacial score (nSPS) is 15.9. The molecule has 0 radical (unpaired) electrons. The monoisotopic (exact) mass is 263 g/mol. The maximum Gasteiger partial charge on any atom is 0.159 e. The molecule has 0 aromatic carbocycles. The summed E-state index contributed by atoms with van der Waals surface area (Å²) in [6.07, 6.45) is 1.74. The first-order valence-corrected chi connectivity index (χ1v) is 7.06. The van der Waals surface area contributed by atoms with Crippen LogP contribution in [-0.2, 0) is 9.47 Å². The van der Waals surface area contributed by atoms with E-state index in [4.69, 9.17) is 21.7 Å². The highest BCUT2D eigenvalue weighted by molar-refractivity contribution is 7.78. The molecule has 0 atom stereocenters. The molecule has 1 fully saturated rings. The van der Waals surface area contributed by atoms with Crippen molar-refractivity contribution < 1.29 is 9.47 Å². The van der Waals surface area contributed by atoms with Crippen molar-refractivity contribution in [2.75, 3.05) is 13.2 Å². The Bertz CT molecular complexity index is 169. The molecule has 1 saturated heterocycles. The van der Waals surface area contributed by atoms with Crippen LogP contribution >= 0.6 is 12.2 Å². The molecule has 1 aliphatic rings. The minimum atomic E-state index is -0.0776. The van der Waals surface area contributed by atoms with Gasteiger partial charge >= 0.3 is 0 Å². The molecule has 0 amide bonds. The maximum atomic E-state index is 5.45. The molecule has 0 aromatic heterocycles. The van der Waals surface area contributed by atoms with Crippen molar-refractivity contribution in [3.05, 3.63) is 0 Å². The maximum absolute atomic E-state index is 5.45. The molecule has 0 aromatic rings. The van der Waals surface area contributed by atoms with Crippen molar-refractivity contribution in [1.29, 1.82) is 0 Å². The lowest BCUT2D eigenvalue weighted by Gasteiger charge is -2.31. The summed E-state index contributed by atoms with van der Waals surface area (Å²) in [5.74, 6) is 0. The molecule has 0 unspecified atom stereocenters. The number of hydrogen-bond acceptors (Lipinski definition) is 3. The van der Waals surface area contributed by atoms with Crippen LogP contribution in [-0.4, -0.2) is 30.5 Å². The van der Waals surface area contributed by atoms with Crippen LogP contribution in [0.25, 0.3) is 0 Å². The average molecular weight is 263 g/mol. The van der Waals surface area contributed by atoms with Crippen LogP contribution in [0.2, 0.25) is 0 Å². The molecular formula is C13H29NO2S. The third-order valence-electron chi connectivity index (χ3n) is 2.02. The molecule has 0 bridgehead atoms. The van der Waals surface area contributed by atoms with E-state index in [0.29, 0.717) is 0 Å². The van der Waals surface area contributed by atoms with E-state index in [1.807, 2.05) is 27.7 Å². The predicted molar refractivity (Wildman–Crippen MR) is 78.5 cm³/mol. The third kappa shape index (κ3) is 10.7. The summed E-state index contributed by atoms with van der Waals surface area (Å²) < 4.78 is 10.9. The number of hydrogen-bond donors (Lipinski definition) is 1. The molecule has 1 N–H and O–H groups in total. The Labute approximate surface area is 112 Å². The fourth-order valence-electron chi connectivity index (χ4n) is 1.29. The first-order valence-electron chi connectivity index (χ1n) is 6.58. The number of ether oxygens (including phenoxy) is 2. The summed E-state index contributed by atoms with van der Waals surface area (Å²) in [5, 5.41) is 3.10. The van der Waals surface area contributed by atoms with E-state index in [-0.39, 0.29) is 11.8 Å². The summed E-state index contributed by atoms with van der Waals surface area (Å²) in [6, 6.07) is 0. The molecule has 1 rings (SSSR count). The molecular weight excluding hydrogens is 234 g/mol. The smallest absolute Gasteiger partial charge is 0.159 e. The second kappa shape index (κ2) is 12.3. The van der Waals surface area contributed by atoms with E-state index in [0.717, 1.165) is 26.1 Å². The summed E-state index contributed by atoms with van der Waals surface area (Å²) in [6.45, 7) is 13.8. The lowest BCUT2D eigenvalue weighted by Crippen LogP contribution is -2.43. The predicted octanol–water partition coefficient (Wildman–Crippen LogP) is 3.52. The first kappa shape index (κ1) is 19.2. The molecule has 3 nitrogen and oxygen atoms in total. The van der Waals surface area contributed by atoms with Gasteiger partial charge in [0.1, 0.15) is 0 Å². The van der Waals surface area contributed by atoms with Gasteiger partial charge in [-0.1, -0.05) is 39.9 Å². The second-order valence-corrected chi connectivity index (χ2v) is 4.11. The third-order valence-corrected chi connectivity index (χ3v) is 2.14.